The number of hydrogen-bond acceptors (Lipinski definition) is 4. The summed E-state index contributed by atoms with van der Waals surface area (Å²) < 4.78 is 0. The Morgan fingerprint density at radius 3 is 2.39 bits per heavy atom. The fourth-order valence-corrected chi connectivity index (χ4v) is 3.72. The standard InChI is InChI=1S/C17H34N4O2/c1-3-14(8-13-22)18-17(23)19-15-4-11-21(12-5-15)16-6-9-20(2)10-7-16/h14-16,22H,3-13H2,1-2H3,(H2,18,19,23). The molecule has 2 aliphatic rings. The number of hydrogen-bond donors (Lipinski definition) is 3. The summed E-state index contributed by atoms with van der Waals surface area (Å²) >= 11 is 0. The number of likely N-dealkylation sites (tertiary alicyclic amines) is 2. The lowest BCUT2D eigenvalue weighted by Gasteiger charge is -2.41. The van der Waals surface area contributed by atoms with Crippen LogP contribution in [0.4, 0.5) is 4.79 Å². The SMILES string of the molecule is CCC(CCO)NC(=O)NC1CCN(C2CCN(C)CC2)CC1. The van der Waals surface area contributed by atoms with Crippen LogP contribution < -0.4 is 10.6 Å². The van der Waals surface area contributed by atoms with Crippen LogP contribution in [-0.4, -0.2) is 78.9 Å². The third kappa shape index (κ3) is 5.94. The van der Waals surface area contributed by atoms with E-state index in [2.05, 4.69) is 27.5 Å². The van der Waals surface area contributed by atoms with Gasteiger partial charge in [-0.3, -0.25) is 0 Å². The van der Waals surface area contributed by atoms with Crippen LogP contribution in [-0.2, 0) is 0 Å². The van der Waals surface area contributed by atoms with E-state index < -0.39 is 0 Å². The van der Waals surface area contributed by atoms with Gasteiger partial charge in [-0.25, -0.2) is 4.79 Å². The van der Waals surface area contributed by atoms with Gasteiger partial charge in [0.2, 0.25) is 0 Å². The topological polar surface area (TPSA) is 67.8 Å². The summed E-state index contributed by atoms with van der Waals surface area (Å²) in [6, 6.07) is 1.00. The molecule has 6 heteroatoms. The molecule has 2 fully saturated rings. The first kappa shape index (κ1) is 18.5. The Morgan fingerprint density at radius 2 is 1.83 bits per heavy atom. The van der Waals surface area contributed by atoms with E-state index >= 15 is 0 Å². The Labute approximate surface area is 140 Å². The van der Waals surface area contributed by atoms with Gasteiger partial charge >= 0.3 is 6.03 Å². The molecule has 0 aliphatic carbocycles. The van der Waals surface area contributed by atoms with Crippen LogP contribution in [0.3, 0.4) is 0 Å². The Morgan fingerprint density at radius 1 is 1.17 bits per heavy atom. The molecule has 2 rings (SSSR count). The third-order valence-corrected chi connectivity index (χ3v) is 5.37. The molecule has 3 N–H and O–H groups in total. The van der Waals surface area contributed by atoms with E-state index in [1.165, 1.54) is 25.9 Å². The number of aliphatic hydroxyl groups is 1. The van der Waals surface area contributed by atoms with Gasteiger partial charge in [0.1, 0.15) is 0 Å². The van der Waals surface area contributed by atoms with Crippen molar-refractivity contribution in [1.29, 1.82) is 0 Å². The number of piperidine rings is 2. The number of rotatable bonds is 6. The van der Waals surface area contributed by atoms with Crippen molar-refractivity contribution in [1.82, 2.24) is 20.4 Å². The molecule has 0 aromatic heterocycles. The zero-order valence-corrected chi connectivity index (χ0v) is 14.8. The van der Waals surface area contributed by atoms with Crippen LogP contribution in [0.25, 0.3) is 0 Å². The Hall–Kier alpha value is -0.850. The molecule has 2 saturated heterocycles. The average Bonchev–Trinajstić information content (AvgIpc) is 2.56. The molecule has 0 aromatic carbocycles. The Kier molecular flexibility index (Phi) is 7.59. The van der Waals surface area contributed by atoms with Crippen LogP contribution in [0.5, 0.6) is 0 Å². The zero-order chi connectivity index (χ0) is 16.7. The second-order valence-electron chi connectivity index (χ2n) is 7.08. The Balaban J connectivity index is 1.67. The van der Waals surface area contributed by atoms with Crippen molar-refractivity contribution in [2.75, 3.05) is 39.8 Å². The lowest BCUT2D eigenvalue weighted by molar-refractivity contribution is 0.0933. The van der Waals surface area contributed by atoms with Gasteiger partial charge < -0.3 is 25.5 Å². The number of urea groups is 1. The number of aliphatic hydroxyl groups excluding tert-OH is 1. The van der Waals surface area contributed by atoms with Crippen molar-refractivity contribution in [2.24, 2.45) is 0 Å². The molecule has 2 heterocycles. The van der Waals surface area contributed by atoms with Crippen LogP contribution in [0.2, 0.25) is 0 Å². The van der Waals surface area contributed by atoms with E-state index in [4.69, 9.17) is 5.11 Å². The summed E-state index contributed by atoms with van der Waals surface area (Å²) in [5, 5.41) is 15.1. The van der Waals surface area contributed by atoms with Gasteiger partial charge in [-0.1, -0.05) is 6.92 Å². The maximum Gasteiger partial charge on any atom is 0.315 e. The van der Waals surface area contributed by atoms with Crippen molar-refractivity contribution in [3.05, 3.63) is 0 Å². The number of amides is 2. The third-order valence-electron chi connectivity index (χ3n) is 5.37. The molecule has 0 spiro atoms. The van der Waals surface area contributed by atoms with Crippen LogP contribution in [0.15, 0.2) is 0 Å². The highest BCUT2D eigenvalue weighted by molar-refractivity contribution is 5.74. The van der Waals surface area contributed by atoms with E-state index in [1.54, 1.807) is 0 Å². The maximum absolute atomic E-state index is 12.1. The van der Waals surface area contributed by atoms with Crippen molar-refractivity contribution >= 4 is 6.03 Å². The van der Waals surface area contributed by atoms with Crippen LogP contribution in [0, 0.1) is 0 Å². The molecule has 0 bridgehead atoms. The molecule has 6 nitrogen and oxygen atoms in total. The van der Waals surface area contributed by atoms with E-state index in [-0.39, 0.29) is 24.7 Å². The van der Waals surface area contributed by atoms with E-state index in [0.29, 0.717) is 6.42 Å². The first-order valence-corrected chi connectivity index (χ1v) is 9.22. The average molecular weight is 326 g/mol. The number of nitrogens with one attached hydrogen (secondary N) is 2. The monoisotopic (exact) mass is 326 g/mol. The van der Waals surface area contributed by atoms with Crippen molar-refractivity contribution in [3.63, 3.8) is 0 Å². The maximum atomic E-state index is 12.1. The molecular formula is C17H34N4O2. The van der Waals surface area contributed by atoms with Gasteiger partial charge in [0, 0.05) is 37.8 Å². The summed E-state index contributed by atoms with van der Waals surface area (Å²) in [5.41, 5.74) is 0. The summed E-state index contributed by atoms with van der Waals surface area (Å²) in [6.07, 6.45) is 6.09. The molecule has 0 radical (unpaired) electrons. The second kappa shape index (κ2) is 9.45. The second-order valence-corrected chi connectivity index (χ2v) is 7.08. The largest absolute Gasteiger partial charge is 0.396 e. The lowest BCUT2D eigenvalue weighted by Crippen LogP contribution is -2.53. The van der Waals surface area contributed by atoms with Gasteiger partial charge in [0.25, 0.3) is 0 Å². The fourth-order valence-electron chi connectivity index (χ4n) is 3.72. The van der Waals surface area contributed by atoms with Crippen molar-refractivity contribution in [3.8, 4) is 0 Å². The zero-order valence-electron chi connectivity index (χ0n) is 14.8. The minimum Gasteiger partial charge on any atom is -0.396 e. The predicted molar refractivity (Wildman–Crippen MR) is 92.6 cm³/mol. The fraction of sp³-hybridized carbons (Fsp3) is 0.941. The predicted octanol–water partition coefficient (Wildman–Crippen LogP) is 1.01. The first-order valence-electron chi connectivity index (χ1n) is 9.22. The number of nitrogens with zero attached hydrogens (tertiary/aromatic N) is 2. The van der Waals surface area contributed by atoms with E-state index in [0.717, 1.165) is 38.4 Å². The lowest BCUT2D eigenvalue weighted by atomic mass is 9.98. The summed E-state index contributed by atoms with van der Waals surface area (Å²) in [7, 11) is 2.20. The molecule has 1 atom stereocenters. The van der Waals surface area contributed by atoms with E-state index in [9.17, 15) is 4.79 Å². The molecule has 134 valence electrons. The molecule has 23 heavy (non-hydrogen) atoms. The normalized spacial score (nSPS) is 23.6. The Bertz CT molecular complexity index is 351. The van der Waals surface area contributed by atoms with Crippen LogP contribution in [0.1, 0.15) is 45.4 Å². The highest BCUT2D eigenvalue weighted by Gasteiger charge is 2.28. The summed E-state index contributed by atoms with van der Waals surface area (Å²) in [5.74, 6) is 0. The molecular weight excluding hydrogens is 292 g/mol. The van der Waals surface area contributed by atoms with Crippen molar-refractivity contribution < 1.29 is 9.90 Å². The smallest absolute Gasteiger partial charge is 0.315 e. The van der Waals surface area contributed by atoms with Gasteiger partial charge in [0.15, 0.2) is 0 Å². The van der Waals surface area contributed by atoms with Gasteiger partial charge in [0.05, 0.1) is 0 Å². The summed E-state index contributed by atoms with van der Waals surface area (Å²) in [6.45, 7) is 6.73. The molecule has 2 amide bonds. The molecule has 2 aliphatic heterocycles. The minimum atomic E-state index is -0.0805. The highest BCUT2D eigenvalue weighted by atomic mass is 16.3. The minimum absolute atomic E-state index is 0.0688. The van der Waals surface area contributed by atoms with Gasteiger partial charge in [-0.2, -0.15) is 0 Å². The summed E-state index contributed by atoms with van der Waals surface area (Å²) in [4.78, 5) is 17.1. The van der Waals surface area contributed by atoms with Crippen LogP contribution >= 0.6 is 0 Å². The molecule has 0 aromatic rings. The van der Waals surface area contributed by atoms with Gasteiger partial charge in [-0.15, -0.1) is 0 Å². The van der Waals surface area contributed by atoms with Crippen molar-refractivity contribution in [2.45, 2.75) is 63.6 Å². The van der Waals surface area contributed by atoms with Gasteiger partial charge in [-0.05, 0) is 58.7 Å². The molecule has 0 saturated carbocycles. The quantitative estimate of drug-likeness (QED) is 0.681. The highest BCUT2D eigenvalue weighted by Crippen LogP contribution is 2.20. The first-order chi connectivity index (χ1) is 11.1. The number of carbonyl (C=O) groups is 1. The van der Waals surface area contributed by atoms with E-state index in [1.807, 2.05) is 6.92 Å². The molecule has 1 unspecified atom stereocenters. The number of carbonyl (C=O) groups excluding carboxylic acids is 1.